The highest BCUT2D eigenvalue weighted by Gasteiger charge is 2.40. The van der Waals surface area contributed by atoms with Crippen LogP contribution in [-0.4, -0.2) is 0 Å². The molecule has 2 aromatic carbocycles. The summed E-state index contributed by atoms with van der Waals surface area (Å²) in [5.41, 5.74) is 4.54. The summed E-state index contributed by atoms with van der Waals surface area (Å²) in [4.78, 5) is 0. The van der Waals surface area contributed by atoms with E-state index in [1.54, 1.807) is 6.07 Å². The fourth-order valence-electron chi connectivity index (χ4n) is 5.83. The second-order valence-electron chi connectivity index (χ2n) is 8.85. The summed E-state index contributed by atoms with van der Waals surface area (Å²) in [6.45, 7) is 1.09. The van der Waals surface area contributed by atoms with E-state index < -0.39 is 13.2 Å². The molecule has 1 aromatic heterocycles. The molecular weight excluding hydrogens is 338 g/mol. The van der Waals surface area contributed by atoms with E-state index in [4.69, 9.17) is 6.85 Å². The van der Waals surface area contributed by atoms with Crippen molar-refractivity contribution in [2.45, 2.75) is 58.7 Å². The first-order chi connectivity index (χ1) is 15.4. The molecule has 3 aromatic rings. The molecule has 0 aliphatic heterocycles. The average molecular weight is 376 g/mol. The van der Waals surface area contributed by atoms with Crippen molar-refractivity contribution in [2.75, 3.05) is 0 Å². The molecule has 1 heterocycles. The van der Waals surface area contributed by atoms with Crippen LogP contribution in [0.4, 0.5) is 0 Å². The van der Waals surface area contributed by atoms with Crippen molar-refractivity contribution in [3.63, 3.8) is 0 Å². The lowest BCUT2D eigenvalue weighted by Gasteiger charge is -2.22. The lowest BCUT2D eigenvalue weighted by Crippen LogP contribution is -2.31. The van der Waals surface area contributed by atoms with Crippen LogP contribution in [0.3, 0.4) is 0 Å². The van der Waals surface area contributed by atoms with Crippen molar-refractivity contribution in [2.24, 2.45) is 18.9 Å². The molecule has 0 amide bonds. The van der Waals surface area contributed by atoms with Crippen LogP contribution in [0, 0.1) is 25.6 Å². The van der Waals surface area contributed by atoms with E-state index in [9.17, 15) is 0 Å². The maximum absolute atomic E-state index is 8.33. The highest BCUT2D eigenvalue weighted by atomic mass is 14.9. The summed E-state index contributed by atoms with van der Waals surface area (Å²) in [7, 11) is 1.97. The van der Waals surface area contributed by atoms with Crippen LogP contribution in [-0.2, 0) is 13.4 Å². The minimum absolute atomic E-state index is 0.180. The normalized spacial score (nSPS) is 27.2. The second kappa shape index (κ2) is 6.72. The zero-order chi connectivity index (χ0) is 23.7. The van der Waals surface area contributed by atoms with Gasteiger partial charge in [0.2, 0.25) is 5.69 Å². The summed E-state index contributed by atoms with van der Waals surface area (Å²) < 4.78 is 42.7. The maximum atomic E-state index is 8.33. The van der Waals surface area contributed by atoms with Gasteiger partial charge in [0.25, 0.3) is 0 Å². The first-order valence-corrected chi connectivity index (χ1v) is 10.5. The minimum Gasteiger partial charge on any atom is -0.200 e. The Morgan fingerprint density at radius 2 is 2.04 bits per heavy atom. The van der Waals surface area contributed by atoms with Gasteiger partial charge >= 0.3 is 0 Å². The van der Waals surface area contributed by atoms with Gasteiger partial charge in [-0.2, -0.15) is 0 Å². The van der Waals surface area contributed by atoms with Crippen molar-refractivity contribution in [3.05, 3.63) is 64.8 Å². The van der Waals surface area contributed by atoms with Crippen LogP contribution in [0.25, 0.3) is 22.0 Å². The number of aryl methyl sites for hydroxylation is 3. The van der Waals surface area contributed by atoms with Gasteiger partial charge in [-0.1, -0.05) is 31.5 Å². The Morgan fingerprint density at radius 3 is 2.75 bits per heavy atom. The van der Waals surface area contributed by atoms with Gasteiger partial charge in [-0.05, 0) is 96.9 Å². The Labute approximate surface area is 176 Å². The van der Waals surface area contributed by atoms with E-state index in [-0.39, 0.29) is 5.56 Å². The van der Waals surface area contributed by atoms with Gasteiger partial charge in [-0.25, -0.2) is 4.57 Å². The van der Waals surface area contributed by atoms with Gasteiger partial charge in [-0.15, -0.1) is 0 Å². The molecule has 2 fully saturated rings. The third-order valence-corrected chi connectivity index (χ3v) is 7.26. The SMILES string of the molecule is [2H]C([2H])([2H])c1cc(-c2c3ccc(C4CC5CCC4C5)cc3cc[n+]2C)c(C)c(C([2H])([2H])C)c1. The second-order valence-corrected chi connectivity index (χ2v) is 8.85. The summed E-state index contributed by atoms with van der Waals surface area (Å²) in [5.74, 6) is 2.37. The number of hydrogen-bond acceptors (Lipinski definition) is 0. The van der Waals surface area contributed by atoms with Crippen molar-refractivity contribution in [3.8, 4) is 11.3 Å². The third kappa shape index (κ3) is 2.79. The number of nitrogens with zero attached hydrogens (tertiary/aromatic N) is 1. The number of rotatable bonds is 3. The minimum atomic E-state index is -2.30. The van der Waals surface area contributed by atoms with Gasteiger partial charge in [0.05, 0.1) is 10.9 Å². The van der Waals surface area contributed by atoms with Gasteiger partial charge < -0.3 is 0 Å². The van der Waals surface area contributed by atoms with Gasteiger partial charge in [0.1, 0.15) is 7.05 Å². The van der Waals surface area contributed by atoms with Gasteiger partial charge in [0, 0.05) is 12.9 Å². The Morgan fingerprint density at radius 1 is 1.14 bits per heavy atom. The first kappa shape index (κ1) is 13.1. The zero-order valence-corrected chi connectivity index (χ0v) is 17.0. The quantitative estimate of drug-likeness (QED) is 0.465. The highest BCUT2D eigenvalue weighted by molar-refractivity contribution is 5.94. The lowest BCUT2D eigenvalue weighted by molar-refractivity contribution is -0.659. The number of aromatic nitrogens is 1. The number of benzene rings is 2. The Balaban J connectivity index is 1.70. The van der Waals surface area contributed by atoms with Gasteiger partial charge in [-0.3, -0.25) is 0 Å². The Bertz CT molecular complexity index is 1240. The first-order valence-electron chi connectivity index (χ1n) is 13.0. The lowest BCUT2D eigenvalue weighted by atomic mass is 9.82. The maximum Gasteiger partial charge on any atom is 0.220 e. The van der Waals surface area contributed by atoms with Crippen molar-refractivity contribution in [1.29, 1.82) is 0 Å². The van der Waals surface area contributed by atoms with Crippen molar-refractivity contribution >= 4 is 10.8 Å². The molecular formula is C27H32N+. The monoisotopic (exact) mass is 375 g/mol. The number of pyridine rings is 1. The van der Waals surface area contributed by atoms with E-state index in [1.165, 1.54) is 44.2 Å². The molecule has 2 saturated carbocycles. The van der Waals surface area contributed by atoms with Crippen LogP contribution >= 0.6 is 0 Å². The molecule has 3 unspecified atom stereocenters. The van der Waals surface area contributed by atoms with Crippen LogP contribution in [0.2, 0.25) is 0 Å². The molecule has 0 spiro atoms. The summed E-state index contributed by atoms with van der Waals surface area (Å²) in [5, 5.41) is 2.23. The van der Waals surface area contributed by atoms with E-state index in [0.29, 0.717) is 11.5 Å². The van der Waals surface area contributed by atoms with Crippen molar-refractivity contribution < 1.29 is 11.4 Å². The number of fused-ring (bicyclic) bond motifs is 3. The predicted octanol–water partition coefficient (Wildman–Crippen LogP) is 6.41. The zero-order valence-electron chi connectivity index (χ0n) is 22.0. The van der Waals surface area contributed by atoms with Crippen LogP contribution in [0.1, 0.15) is 67.6 Å². The summed E-state index contributed by atoms with van der Waals surface area (Å²) in [6, 6.07) is 12.2. The Kier molecular flexibility index (Phi) is 3.16. The fourth-order valence-corrected chi connectivity index (χ4v) is 5.83. The molecule has 2 aliphatic rings. The molecule has 2 aliphatic carbocycles. The Hall–Kier alpha value is -2.15. The smallest absolute Gasteiger partial charge is 0.200 e. The molecule has 0 radical (unpaired) electrons. The van der Waals surface area contributed by atoms with E-state index in [0.717, 1.165) is 39.4 Å². The average Bonchev–Trinajstić information content (AvgIpc) is 3.36. The van der Waals surface area contributed by atoms with Gasteiger partial charge in [0.15, 0.2) is 6.20 Å². The van der Waals surface area contributed by atoms with E-state index in [1.807, 2.05) is 24.7 Å². The molecule has 28 heavy (non-hydrogen) atoms. The van der Waals surface area contributed by atoms with Crippen LogP contribution < -0.4 is 4.57 Å². The topological polar surface area (TPSA) is 3.88 Å². The largest absolute Gasteiger partial charge is 0.220 e. The van der Waals surface area contributed by atoms with Crippen LogP contribution in [0.5, 0.6) is 0 Å². The van der Waals surface area contributed by atoms with E-state index in [2.05, 4.69) is 24.3 Å². The fraction of sp³-hybridized carbons (Fsp3) is 0.444. The molecule has 0 saturated heterocycles. The molecule has 2 bridgehead atoms. The summed E-state index contributed by atoms with van der Waals surface area (Å²) in [6.07, 6.45) is 5.81. The molecule has 5 rings (SSSR count). The van der Waals surface area contributed by atoms with E-state index >= 15 is 0 Å². The molecule has 1 nitrogen and oxygen atoms in total. The molecule has 1 heteroatoms. The predicted molar refractivity (Wildman–Crippen MR) is 118 cm³/mol. The van der Waals surface area contributed by atoms with Crippen LogP contribution in [0.15, 0.2) is 42.6 Å². The third-order valence-electron chi connectivity index (χ3n) is 7.26. The summed E-state index contributed by atoms with van der Waals surface area (Å²) >= 11 is 0. The molecule has 3 atom stereocenters. The van der Waals surface area contributed by atoms with Crippen molar-refractivity contribution in [1.82, 2.24) is 0 Å². The standard InChI is InChI=1S/C27H32N/c1-5-20-12-17(2)13-25(18(20)3)27-24-9-8-22(16-23(24)10-11-28(27)4)26-15-19-6-7-21(26)14-19/h8-13,16,19,21,26H,5-7,14-15H2,1-4H3/q+1/i2D3,5D2. The highest BCUT2D eigenvalue weighted by Crippen LogP contribution is 2.53. The molecule has 0 N–H and O–H groups in total. The molecule has 144 valence electrons. The number of hydrogen-bond donors (Lipinski definition) is 0.